The molecule has 1 unspecified atom stereocenters. The average molecular weight is 421 g/mol. The Morgan fingerprint density at radius 3 is 2.76 bits per heavy atom. The first kappa shape index (κ1) is 23.0. The molecule has 1 aromatic carbocycles. The predicted octanol–water partition coefficient (Wildman–Crippen LogP) is 4.17. The van der Waals surface area contributed by atoms with Gasteiger partial charge in [-0.05, 0) is 70.4 Å². The van der Waals surface area contributed by atoms with Gasteiger partial charge in [-0.25, -0.2) is 4.79 Å². The van der Waals surface area contributed by atoms with Gasteiger partial charge in [-0.2, -0.15) is 0 Å². The Morgan fingerprint density at radius 2 is 2.14 bits per heavy atom. The van der Waals surface area contributed by atoms with Crippen LogP contribution in [0, 0.1) is 0 Å². The number of carbonyl (C=O) groups is 2. The number of allylic oxidation sites excluding steroid dienone is 2. The van der Waals surface area contributed by atoms with Crippen LogP contribution in [0.15, 0.2) is 40.6 Å². The Balaban J connectivity index is 2.30. The van der Waals surface area contributed by atoms with Crippen molar-refractivity contribution in [1.29, 1.82) is 0 Å². The van der Waals surface area contributed by atoms with Crippen molar-refractivity contribution in [1.82, 2.24) is 5.32 Å². The molecule has 1 heterocycles. The van der Waals surface area contributed by atoms with Crippen LogP contribution in [0.3, 0.4) is 0 Å². The SMILES string of the molecule is C/C(C(=O)O)=C(OCC=O)\C(Cl)=C(/C)c1cccc(NC2CCNC(C)(C)C2)c1. The number of piperidine rings is 1. The zero-order valence-corrected chi connectivity index (χ0v) is 18.1. The Labute approximate surface area is 177 Å². The summed E-state index contributed by atoms with van der Waals surface area (Å²) in [6, 6.07) is 8.18. The lowest BCUT2D eigenvalue weighted by molar-refractivity contribution is -0.133. The molecule has 0 amide bonds. The minimum Gasteiger partial charge on any atom is -0.484 e. The van der Waals surface area contributed by atoms with E-state index in [0.29, 0.717) is 17.9 Å². The van der Waals surface area contributed by atoms with E-state index in [1.54, 1.807) is 6.92 Å². The number of ether oxygens (including phenoxy) is 1. The number of carboxylic acids is 1. The van der Waals surface area contributed by atoms with E-state index in [9.17, 15) is 14.7 Å². The number of benzene rings is 1. The molecule has 1 saturated heterocycles. The highest BCUT2D eigenvalue weighted by molar-refractivity contribution is 6.35. The van der Waals surface area contributed by atoms with E-state index in [-0.39, 0.29) is 28.5 Å². The van der Waals surface area contributed by atoms with Crippen molar-refractivity contribution in [2.75, 3.05) is 18.5 Å². The number of anilines is 1. The zero-order valence-electron chi connectivity index (χ0n) is 17.3. The molecule has 6 nitrogen and oxygen atoms in total. The number of aliphatic carboxylic acids is 1. The lowest BCUT2D eigenvalue weighted by Crippen LogP contribution is -2.50. The standard InChI is InChI=1S/C22H29ClN2O4/c1-14(19(23)20(29-11-10-26)15(2)21(27)28)16-6-5-7-17(12-16)25-18-8-9-24-22(3,4)13-18/h5-7,10,12,18,24-25H,8-9,11,13H2,1-4H3,(H,27,28)/b19-14-,20-15-. The van der Waals surface area contributed by atoms with Crippen LogP contribution in [-0.2, 0) is 14.3 Å². The van der Waals surface area contributed by atoms with Crippen LogP contribution in [-0.4, -0.2) is 42.1 Å². The highest BCUT2D eigenvalue weighted by Crippen LogP contribution is 2.31. The Kier molecular flexibility index (Phi) is 7.88. The van der Waals surface area contributed by atoms with Crippen molar-refractivity contribution >= 4 is 35.1 Å². The van der Waals surface area contributed by atoms with E-state index >= 15 is 0 Å². The second-order valence-corrected chi connectivity index (χ2v) is 8.28. The Morgan fingerprint density at radius 1 is 1.41 bits per heavy atom. The molecular formula is C22H29ClN2O4. The number of rotatable bonds is 8. The maximum absolute atomic E-state index is 11.4. The second-order valence-electron chi connectivity index (χ2n) is 7.90. The lowest BCUT2D eigenvalue weighted by atomic mass is 9.89. The van der Waals surface area contributed by atoms with Crippen molar-refractivity contribution in [3.05, 3.63) is 46.2 Å². The van der Waals surface area contributed by atoms with Gasteiger partial charge < -0.3 is 20.5 Å². The molecule has 7 heteroatoms. The van der Waals surface area contributed by atoms with Crippen molar-refractivity contribution in [3.63, 3.8) is 0 Å². The quantitative estimate of drug-likeness (QED) is 0.253. The maximum atomic E-state index is 11.4. The van der Waals surface area contributed by atoms with Gasteiger partial charge in [-0.15, -0.1) is 0 Å². The van der Waals surface area contributed by atoms with Gasteiger partial charge in [0, 0.05) is 17.3 Å². The molecular weight excluding hydrogens is 392 g/mol. The average Bonchev–Trinajstić information content (AvgIpc) is 2.66. The van der Waals surface area contributed by atoms with Crippen LogP contribution >= 0.6 is 11.6 Å². The van der Waals surface area contributed by atoms with Crippen LogP contribution in [0.5, 0.6) is 0 Å². The number of nitrogens with one attached hydrogen (secondary N) is 2. The monoisotopic (exact) mass is 420 g/mol. The third-order valence-electron chi connectivity index (χ3n) is 5.01. The molecule has 0 aromatic heterocycles. The fraction of sp³-hybridized carbons (Fsp3) is 0.455. The summed E-state index contributed by atoms with van der Waals surface area (Å²) >= 11 is 6.48. The normalized spacial score (nSPS) is 20.2. The van der Waals surface area contributed by atoms with E-state index < -0.39 is 5.97 Å². The molecule has 1 aliphatic rings. The fourth-order valence-corrected chi connectivity index (χ4v) is 3.73. The van der Waals surface area contributed by atoms with Gasteiger partial charge in [0.05, 0.1) is 10.6 Å². The largest absolute Gasteiger partial charge is 0.484 e. The first-order chi connectivity index (χ1) is 13.6. The zero-order chi connectivity index (χ0) is 21.6. The molecule has 0 aliphatic carbocycles. The van der Waals surface area contributed by atoms with Gasteiger partial charge in [-0.1, -0.05) is 23.7 Å². The molecule has 0 radical (unpaired) electrons. The molecule has 29 heavy (non-hydrogen) atoms. The number of hydrogen-bond donors (Lipinski definition) is 3. The number of carboxylic acid groups (broad SMARTS) is 1. The van der Waals surface area contributed by atoms with Gasteiger partial charge in [0.15, 0.2) is 6.29 Å². The first-order valence-corrected chi connectivity index (χ1v) is 10.0. The van der Waals surface area contributed by atoms with Gasteiger partial charge in [0.25, 0.3) is 0 Å². The Hall–Kier alpha value is -2.31. The fourth-order valence-electron chi connectivity index (χ4n) is 3.42. The van der Waals surface area contributed by atoms with Gasteiger partial charge in [-0.3, -0.25) is 4.79 Å². The smallest absolute Gasteiger partial charge is 0.335 e. The van der Waals surface area contributed by atoms with E-state index in [1.165, 1.54) is 6.92 Å². The summed E-state index contributed by atoms with van der Waals surface area (Å²) in [6.45, 7) is 8.29. The van der Waals surface area contributed by atoms with Crippen molar-refractivity contribution in [3.8, 4) is 0 Å². The summed E-state index contributed by atoms with van der Waals surface area (Å²) in [6.07, 6.45) is 2.60. The molecule has 1 fully saturated rings. The van der Waals surface area contributed by atoms with Crippen LogP contribution in [0.2, 0.25) is 0 Å². The van der Waals surface area contributed by atoms with Gasteiger partial charge in [0.1, 0.15) is 12.4 Å². The maximum Gasteiger partial charge on any atom is 0.335 e. The van der Waals surface area contributed by atoms with Gasteiger partial charge >= 0.3 is 5.97 Å². The summed E-state index contributed by atoms with van der Waals surface area (Å²) in [4.78, 5) is 22.0. The molecule has 3 N–H and O–H groups in total. The van der Waals surface area contributed by atoms with Crippen molar-refractivity contribution in [2.45, 2.75) is 52.1 Å². The van der Waals surface area contributed by atoms with E-state index in [2.05, 4.69) is 24.5 Å². The lowest BCUT2D eigenvalue weighted by Gasteiger charge is -2.37. The van der Waals surface area contributed by atoms with E-state index in [0.717, 1.165) is 30.6 Å². The molecule has 0 bridgehead atoms. The molecule has 158 valence electrons. The van der Waals surface area contributed by atoms with Crippen molar-refractivity contribution < 1.29 is 19.4 Å². The van der Waals surface area contributed by atoms with Gasteiger partial charge in [0.2, 0.25) is 0 Å². The molecule has 0 saturated carbocycles. The minimum absolute atomic E-state index is 0.00207. The molecule has 0 spiro atoms. The van der Waals surface area contributed by atoms with E-state index in [4.69, 9.17) is 16.3 Å². The molecule has 2 rings (SSSR count). The minimum atomic E-state index is -1.15. The summed E-state index contributed by atoms with van der Waals surface area (Å²) in [5.41, 5.74) is 2.53. The molecule has 1 atom stereocenters. The number of aldehydes is 1. The number of halogens is 1. The van der Waals surface area contributed by atoms with Crippen LogP contribution in [0.25, 0.3) is 5.57 Å². The van der Waals surface area contributed by atoms with Crippen molar-refractivity contribution in [2.24, 2.45) is 0 Å². The van der Waals surface area contributed by atoms with Crippen LogP contribution in [0.1, 0.15) is 46.1 Å². The van der Waals surface area contributed by atoms with Crippen LogP contribution < -0.4 is 10.6 Å². The topological polar surface area (TPSA) is 87.7 Å². The Bertz CT molecular complexity index is 830. The highest BCUT2D eigenvalue weighted by atomic mass is 35.5. The predicted molar refractivity (Wildman–Crippen MR) is 116 cm³/mol. The summed E-state index contributed by atoms with van der Waals surface area (Å²) in [5, 5.41) is 16.6. The number of carbonyl (C=O) groups excluding carboxylic acids is 1. The number of hydrogen-bond acceptors (Lipinski definition) is 5. The summed E-state index contributed by atoms with van der Waals surface area (Å²) in [7, 11) is 0. The molecule has 1 aromatic rings. The third-order valence-corrected chi connectivity index (χ3v) is 5.46. The summed E-state index contributed by atoms with van der Waals surface area (Å²) < 4.78 is 5.31. The second kappa shape index (κ2) is 9.94. The molecule has 1 aliphatic heterocycles. The third kappa shape index (κ3) is 6.34. The highest BCUT2D eigenvalue weighted by Gasteiger charge is 2.27. The summed E-state index contributed by atoms with van der Waals surface area (Å²) in [5.74, 6) is -1.15. The first-order valence-electron chi connectivity index (χ1n) is 9.64. The van der Waals surface area contributed by atoms with E-state index in [1.807, 2.05) is 24.3 Å². The van der Waals surface area contributed by atoms with Crippen LogP contribution in [0.4, 0.5) is 5.69 Å².